The number of fused-ring (bicyclic) bond motifs is 1. The fourth-order valence-electron chi connectivity index (χ4n) is 6.27. The van der Waals surface area contributed by atoms with Gasteiger partial charge in [-0.2, -0.15) is 0 Å². The van der Waals surface area contributed by atoms with E-state index in [2.05, 4.69) is 28.7 Å². The Morgan fingerprint density at radius 1 is 1.21 bits per heavy atom. The molecule has 5 unspecified atom stereocenters. The number of carbonyl (C=O) groups excluding carboxylic acids is 2. The highest BCUT2D eigenvalue weighted by molar-refractivity contribution is 6.30. The van der Waals surface area contributed by atoms with Crippen molar-refractivity contribution >= 4 is 35.6 Å². The molecule has 0 radical (unpaired) electrons. The average molecular weight is 687 g/mol. The monoisotopic (exact) mass is 686 g/mol. The van der Waals surface area contributed by atoms with E-state index in [0.29, 0.717) is 26.0 Å². The number of carboxylic acids is 1. The van der Waals surface area contributed by atoms with Crippen molar-refractivity contribution in [1.82, 2.24) is 4.90 Å². The predicted octanol–water partition coefficient (Wildman–Crippen LogP) is 6.04. The molecule has 0 bridgehead atoms. The Bertz CT molecular complexity index is 1380. The van der Waals surface area contributed by atoms with Gasteiger partial charge in [0.15, 0.2) is 0 Å². The van der Waals surface area contributed by atoms with Crippen LogP contribution in [0, 0.1) is 11.8 Å². The van der Waals surface area contributed by atoms with E-state index in [0.717, 1.165) is 60.8 Å². The zero-order valence-corrected chi connectivity index (χ0v) is 29.5. The predicted molar refractivity (Wildman–Crippen MR) is 187 cm³/mol. The van der Waals surface area contributed by atoms with Gasteiger partial charge in [0, 0.05) is 44.5 Å². The van der Waals surface area contributed by atoms with Gasteiger partial charge in [0.1, 0.15) is 12.4 Å². The summed E-state index contributed by atoms with van der Waals surface area (Å²) < 4.78 is 16.2. The molecule has 0 saturated heterocycles. The van der Waals surface area contributed by atoms with Crippen molar-refractivity contribution in [2.45, 2.75) is 71.0 Å². The van der Waals surface area contributed by atoms with Crippen molar-refractivity contribution in [2.75, 3.05) is 51.9 Å². The second kappa shape index (κ2) is 19.4. The molecule has 2 N–H and O–H groups in total. The lowest BCUT2D eigenvalue weighted by Gasteiger charge is -2.44. The Hall–Kier alpha value is -3.60. The van der Waals surface area contributed by atoms with E-state index >= 15 is 0 Å². The lowest BCUT2D eigenvalue weighted by atomic mass is 9.70. The first-order valence-corrected chi connectivity index (χ1v) is 17.0. The molecule has 1 aliphatic carbocycles. The molecule has 2 aromatic rings. The maximum atomic E-state index is 11.6. The molecule has 48 heavy (non-hydrogen) atoms. The lowest BCUT2D eigenvalue weighted by molar-refractivity contribution is -0.145. The van der Waals surface area contributed by atoms with Crippen LogP contribution in [-0.2, 0) is 30.3 Å². The van der Waals surface area contributed by atoms with Gasteiger partial charge < -0.3 is 34.2 Å². The molecular weight excluding hydrogens is 636 g/mol. The van der Waals surface area contributed by atoms with Crippen LogP contribution in [0.25, 0.3) is 0 Å². The minimum atomic E-state index is -0.992. The number of methoxy groups -OCH3 is 1. The molecule has 5 atom stereocenters. The highest BCUT2D eigenvalue weighted by Gasteiger charge is 2.39. The van der Waals surface area contributed by atoms with Gasteiger partial charge in [-0.25, -0.2) is 4.79 Å². The summed E-state index contributed by atoms with van der Waals surface area (Å²) in [6.45, 7) is 8.12. The number of carboxylic acid groups (broad SMARTS) is 1. The zero-order valence-electron chi connectivity index (χ0n) is 28.8. The van der Waals surface area contributed by atoms with E-state index in [1.165, 1.54) is 18.2 Å². The molecule has 2 aromatic carbocycles. The first-order chi connectivity index (χ1) is 23.0. The number of aliphatic carboxylic acids is 1. The van der Waals surface area contributed by atoms with Crippen molar-refractivity contribution in [1.29, 1.82) is 0 Å². The number of nitrogens with zero attached hydrogens (tertiary/aromatic N) is 2. The van der Waals surface area contributed by atoms with E-state index in [4.69, 9.17) is 25.9 Å². The van der Waals surface area contributed by atoms with Gasteiger partial charge in [-0.05, 0) is 85.4 Å². The van der Waals surface area contributed by atoms with Crippen LogP contribution in [0.1, 0.15) is 75.2 Å². The molecular formula is C37H51ClN2O8. The van der Waals surface area contributed by atoms with Crippen molar-refractivity contribution in [3.05, 3.63) is 70.3 Å². The number of anilines is 1. The van der Waals surface area contributed by atoms with Crippen molar-refractivity contribution in [3.63, 3.8) is 0 Å². The molecule has 1 saturated carbocycles. The Morgan fingerprint density at radius 3 is 2.56 bits per heavy atom. The maximum Gasteiger partial charge on any atom is 0.329 e. The topological polar surface area (TPSA) is 126 Å². The van der Waals surface area contributed by atoms with Gasteiger partial charge in [-0.3, -0.25) is 9.59 Å². The van der Waals surface area contributed by atoms with Crippen LogP contribution in [0.15, 0.2) is 48.6 Å². The smallest absolute Gasteiger partial charge is 0.329 e. The van der Waals surface area contributed by atoms with Crippen molar-refractivity contribution < 1.29 is 38.8 Å². The molecule has 10 nitrogen and oxygen atoms in total. The van der Waals surface area contributed by atoms with E-state index in [1.54, 1.807) is 25.8 Å². The van der Waals surface area contributed by atoms with Gasteiger partial charge in [-0.15, -0.1) is 0 Å². The minimum absolute atomic E-state index is 0.00955. The number of rotatable bonds is 15. The van der Waals surface area contributed by atoms with Crippen LogP contribution >= 0.6 is 11.6 Å². The third-order valence-electron chi connectivity index (χ3n) is 9.09. The second-order valence-corrected chi connectivity index (χ2v) is 13.0. The molecule has 2 aliphatic rings. The molecule has 4 rings (SSSR count). The first-order valence-electron chi connectivity index (χ1n) is 16.6. The molecule has 1 amide bonds. The van der Waals surface area contributed by atoms with Gasteiger partial charge in [-0.1, -0.05) is 49.2 Å². The molecule has 1 fully saturated rings. The Morgan fingerprint density at radius 2 is 1.96 bits per heavy atom. The molecule has 0 aromatic heterocycles. The lowest BCUT2D eigenvalue weighted by Crippen LogP contribution is -2.45. The number of ether oxygens (including phenoxy) is 3. The third-order valence-corrected chi connectivity index (χ3v) is 9.33. The summed E-state index contributed by atoms with van der Waals surface area (Å²) in [5.41, 5.74) is 4.29. The molecule has 1 aliphatic heterocycles. The Labute approximate surface area is 289 Å². The standard InChI is InChI=1S/C35H47ClN2O6.C2H4O2/c1-5-8-26-17-29(36)12-14-30(26)28-20-38(32-18-25(23(2)39)11-15-34(32)43-21-28)19-27-10-13-31(27)33(44-22-35(41)42)9-6-7-16-37(4)24(3)40;1-4-2-3/h6,9,11-12,14-15,17-18,23,27-28,31,33,39H,5,7-8,10,13,16,19-22H2,1-4H3,(H,41,42);2H,1H3/b9-6+;. The maximum absolute atomic E-state index is 11.6. The van der Waals surface area contributed by atoms with E-state index in [-0.39, 0.29) is 36.4 Å². The normalized spacial score (nSPS) is 19.8. The summed E-state index contributed by atoms with van der Waals surface area (Å²) in [5.74, 6) is 0.372. The van der Waals surface area contributed by atoms with Crippen LogP contribution in [0.4, 0.5) is 5.69 Å². The number of aliphatic hydroxyl groups excluding tert-OH is 1. The molecule has 11 heteroatoms. The largest absolute Gasteiger partial charge is 0.491 e. The van der Waals surface area contributed by atoms with Crippen LogP contribution in [0.3, 0.4) is 0 Å². The summed E-state index contributed by atoms with van der Waals surface area (Å²) in [6, 6.07) is 12.1. The number of hydrogen-bond acceptors (Lipinski definition) is 8. The fourth-order valence-corrected chi connectivity index (χ4v) is 6.47. The van der Waals surface area contributed by atoms with Crippen molar-refractivity contribution in [2.24, 2.45) is 11.8 Å². The van der Waals surface area contributed by atoms with Gasteiger partial charge in [0.2, 0.25) is 5.91 Å². The zero-order chi connectivity index (χ0) is 35.2. The highest BCUT2D eigenvalue weighted by Crippen LogP contribution is 2.43. The van der Waals surface area contributed by atoms with Gasteiger partial charge >= 0.3 is 5.97 Å². The van der Waals surface area contributed by atoms with Crippen LogP contribution < -0.4 is 9.64 Å². The quantitative estimate of drug-likeness (QED) is 0.170. The number of carbonyl (C=O) groups is 3. The summed E-state index contributed by atoms with van der Waals surface area (Å²) in [6.07, 6.45) is 7.61. The van der Waals surface area contributed by atoms with Crippen LogP contribution in [0.5, 0.6) is 5.75 Å². The van der Waals surface area contributed by atoms with E-state index < -0.39 is 12.1 Å². The molecule has 264 valence electrons. The molecule has 0 spiro atoms. The van der Waals surface area contributed by atoms with Crippen LogP contribution in [0.2, 0.25) is 5.02 Å². The number of amides is 1. The van der Waals surface area contributed by atoms with Crippen LogP contribution in [-0.4, -0.2) is 86.6 Å². The summed E-state index contributed by atoms with van der Waals surface area (Å²) >= 11 is 6.40. The van der Waals surface area contributed by atoms with E-state index in [9.17, 15) is 19.8 Å². The minimum Gasteiger partial charge on any atom is -0.491 e. The number of benzene rings is 2. The number of aliphatic hydroxyl groups is 1. The second-order valence-electron chi connectivity index (χ2n) is 12.6. The number of hydrogen-bond donors (Lipinski definition) is 2. The Kier molecular flexibility index (Phi) is 15.7. The van der Waals surface area contributed by atoms with Gasteiger partial charge in [0.25, 0.3) is 6.47 Å². The summed E-state index contributed by atoms with van der Waals surface area (Å²) in [7, 11) is 3.08. The van der Waals surface area contributed by atoms with Gasteiger partial charge in [0.05, 0.1) is 31.6 Å². The summed E-state index contributed by atoms with van der Waals surface area (Å²) in [5, 5.41) is 20.5. The third kappa shape index (κ3) is 11.2. The average Bonchev–Trinajstić information content (AvgIpc) is 3.22. The highest BCUT2D eigenvalue weighted by atomic mass is 35.5. The van der Waals surface area contributed by atoms with E-state index in [1.807, 2.05) is 36.4 Å². The van der Waals surface area contributed by atoms with Crippen molar-refractivity contribution in [3.8, 4) is 5.75 Å². The number of halogens is 1. The number of aryl methyl sites for hydroxylation is 1. The summed E-state index contributed by atoms with van der Waals surface area (Å²) in [4.78, 5) is 36.0. The SMILES string of the molecule is CCCc1cc(Cl)ccc1C1COc2ccc(C(C)O)cc2N(CC2CCC2C(/C=C/CCN(C)C(C)=O)OCC(=O)O)C1.COC=O. The first kappa shape index (κ1) is 38.8. The fraction of sp³-hybridized carbons (Fsp3) is 0.541. The Balaban J connectivity index is 0.00000148. The molecule has 1 heterocycles.